The third-order valence-corrected chi connectivity index (χ3v) is 16.5. The minimum atomic E-state index is -1.70. The van der Waals surface area contributed by atoms with Crippen molar-refractivity contribution < 1.29 is 67.4 Å². The number of nitrogens with zero attached hydrogens (tertiary/aromatic N) is 6. The number of piperidine rings is 1. The number of likely N-dealkylation sites (N-methyl/N-ethyl adjacent to an activating group) is 5. The fraction of sp³-hybridized carbons (Fsp3) is 0.642. The highest BCUT2D eigenvalue weighted by Gasteiger charge is 2.42. The SMILES string of the molecule is CCC(=O)N(C)[C@@H](Cc1ccccc1)C(=O)N[C@H](C(=O)N(C)[C@@H](CC(C)C)C(=O)N[C@@H](Cc1ccc(O)cc1)C(=O)NC(=O)N(C)[C@@H](C)C(=O)N(C)[C@@H](CC(C)C)C(=O)N[C@@H](COC(C)(C)C)C(=O)N(C)[C@H](C(=O)N[C@@H](C(N)=O)C(=O)N1CCCCC1)C(C)C)C(C)C. The maximum Gasteiger partial charge on any atom is 0.324 e. The van der Waals surface area contributed by atoms with Crippen LogP contribution in [0.4, 0.5) is 4.79 Å². The zero-order chi connectivity index (χ0) is 70.5. The van der Waals surface area contributed by atoms with Crippen molar-refractivity contribution in [2.75, 3.05) is 54.9 Å². The van der Waals surface area contributed by atoms with E-state index in [-0.39, 0.29) is 62.2 Å². The van der Waals surface area contributed by atoms with E-state index in [1.165, 1.54) is 81.1 Å². The molecule has 13 amide bonds. The van der Waals surface area contributed by atoms with Gasteiger partial charge >= 0.3 is 6.03 Å². The Morgan fingerprint density at radius 2 is 1.06 bits per heavy atom. The van der Waals surface area contributed by atoms with E-state index in [1.54, 1.807) is 55.4 Å². The Bertz CT molecular complexity index is 2890. The average molecular weight is 1300 g/mol. The Labute approximate surface area is 549 Å². The molecule has 0 unspecified atom stereocenters. The highest BCUT2D eigenvalue weighted by Crippen LogP contribution is 2.22. The number of hydrogen-bond acceptors (Lipinski definition) is 14. The summed E-state index contributed by atoms with van der Waals surface area (Å²) in [6.07, 6.45) is 2.56. The lowest BCUT2D eigenvalue weighted by molar-refractivity contribution is -0.149. The van der Waals surface area contributed by atoms with Gasteiger partial charge in [-0.05, 0) is 107 Å². The first-order chi connectivity index (χ1) is 43.3. The van der Waals surface area contributed by atoms with Gasteiger partial charge in [0.05, 0.1) is 12.2 Å². The number of aromatic hydroxyl groups is 1. The molecule has 26 heteroatoms. The summed E-state index contributed by atoms with van der Waals surface area (Å²) >= 11 is 0. The summed E-state index contributed by atoms with van der Waals surface area (Å²) in [4.78, 5) is 176. The summed E-state index contributed by atoms with van der Waals surface area (Å²) in [5.41, 5.74) is 6.06. The van der Waals surface area contributed by atoms with Gasteiger partial charge < -0.3 is 66.2 Å². The number of urea groups is 1. The van der Waals surface area contributed by atoms with Crippen LogP contribution in [0.15, 0.2) is 54.6 Å². The number of imide groups is 1. The van der Waals surface area contributed by atoms with E-state index in [0.717, 1.165) is 26.7 Å². The van der Waals surface area contributed by atoms with Gasteiger partial charge in [-0.25, -0.2) is 4.79 Å². The number of carbonyl (C=O) groups is 12. The minimum Gasteiger partial charge on any atom is -0.508 e. The Hall–Kier alpha value is -8.16. The Kier molecular flexibility index (Phi) is 30.9. The second kappa shape index (κ2) is 36.3. The molecular weight excluding hydrogens is 1200 g/mol. The summed E-state index contributed by atoms with van der Waals surface area (Å²) < 4.78 is 6.04. The van der Waals surface area contributed by atoms with Crippen molar-refractivity contribution in [3.8, 4) is 5.75 Å². The molecule has 9 atom stereocenters. The number of nitrogens with two attached hydrogens (primary N) is 1. The van der Waals surface area contributed by atoms with Gasteiger partial charge in [0.25, 0.3) is 11.8 Å². The van der Waals surface area contributed by atoms with E-state index in [2.05, 4.69) is 26.6 Å². The molecule has 3 rings (SSSR count). The molecule has 1 fully saturated rings. The van der Waals surface area contributed by atoms with Crippen LogP contribution < -0.4 is 32.3 Å². The molecule has 93 heavy (non-hydrogen) atoms. The summed E-state index contributed by atoms with van der Waals surface area (Å²) in [6, 6.07) is 1.89. The molecule has 1 heterocycles. The highest BCUT2D eigenvalue weighted by atomic mass is 16.5. The largest absolute Gasteiger partial charge is 0.508 e. The fourth-order valence-corrected chi connectivity index (χ4v) is 10.9. The van der Waals surface area contributed by atoms with E-state index in [1.807, 2.05) is 58.0 Å². The molecular formula is C67H106N12O14. The monoisotopic (exact) mass is 1300 g/mol. The number of primary amides is 1. The van der Waals surface area contributed by atoms with Crippen molar-refractivity contribution in [1.82, 2.24) is 56.0 Å². The number of phenols is 1. The van der Waals surface area contributed by atoms with Crippen molar-refractivity contribution in [2.24, 2.45) is 29.4 Å². The normalized spacial score (nSPS) is 15.4. The van der Waals surface area contributed by atoms with E-state index in [9.17, 15) is 62.6 Å². The molecule has 0 saturated carbocycles. The predicted octanol–water partition coefficient (Wildman–Crippen LogP) is 3.11. The Balaban J connectivity index is 1.92. The lowest BCUT2D eigenvalue weighted by atomic mass is 9.97. The molecule has 1 saturated heterocycles. The van der Waals surface area contributed by atoms with Crippen molar-refractivity contribution in [3.63, 3.8) is 0 Å². The van der Waals surface area contributed by atoms with Crippen LogP contribution in [0.25, 0.3) is 0 Å². The van der Waals surface area contributed by atoms with Gasteiger partial charge in [-0.15, -0.1) is 0 Å². The zero-order valence-corrected chi connectivity index (χ0v) is 58.0. The fourth-order valence-electron chi connectivity index (χ4n) is 10.9. The van der Waals surface area contributed by atoms with E-state index in [4.69, 9.17) is 10.5 Å². The number of rotatable bonds is 32. The van der Waals surface area contributed by atoms with Crippen LogP contribution in [-0.4, -0.2) is 220 Å². The molecule has 26 nitrogen and oxygen atoms in total. The minimum absolute atomic E-state index is 0.0562. The van der Waals surface area contributed by atoms with Crippen LogP contribution in [0.5, 0.6) is 5.75 Å². The van der Waals surface area contributed by atoms with Crippen LogP contribution in [0.1, 0.15) is 140 Å². The predicted molar refractivity (Wildman–Crippen MR) is 351 cm³/mol. The number of hydrogen-bond donors (Lipinski definition) is 7. The van der Waals surface area contributed by atoms with E-state index in [0.29, 0.717) is 31.5 Å². The molecule has 1 aliphatic heterocycles. The quantitative estimate of drug-likeness (QED) is 0.0518. The summed E-state index contributed by atoms with van der Waals surface area (Å²) in [7, 11) is 6.89. The first kappa shape index (κ1) is 79.1. The molecule has 2 aromatic carbocycles. The number of nitrogens with one attached hydrogen (secondary N) is 5. The maximum atomic E-state index is 14.7. The lowest BCUT2D eigenvalue weighted by Crippen LogP contribution is -2.63. The van der Waals surface area contributed by atoms with Gasteiger partial charge in [0, 0.05) is 67.6 Å². The average Bonchev–Trinajstić information content (AvgIpc) is 0.854. The Morgan fingerprint density at radius 3 is 1.55 bits per heavy atom. The second-order valence-electron chi connectivity index (χ2n) is 26.8. The van der Waals surface area contributed by atoms with Crippen LogP contribution in [-0.2, 0) is 70.3 Å². The number of amides is 13. The first-order valence-electron chi connectivity index (χ1n) is 32.2. The number of phenolic OH excluding ortho intramolecular Hbond substituents is 1. The maximum absolute atomic E-state index is 14.7. The van der Waals surface area contributed by atoms with Gasteiger partial charge in [-0.3, -0.25) is 58.1 Å². The molecule has 0 radical (unpaired) electrons. The lowest BCUT2D eigenvalue weighted by Gasteiger charge is -2.37. The van der Waals surface area contributed by atoms with Crippen LogP contribution in [0.3, 0.4) is 0 Å². The molecule has 0 aromatic heterocycles. The standard InChI is InChI=1S/C67H106N12O14/c1-19-52(81)75(15)51(37-44-26-22-20-23-27-44)60(86)71-53(41(6)7)64(90)77(17)50(35-40(4)5)58(84)69-47(36-45-28-30-46(80)31-29-45)57(83)73-66(92)74(14)43(10)62(88)76(16)49(34-39(2)3)59(85)70-48(38-93-67(11,12)13)63(89)78(18)55(42(8)9)61(87)72-54(56(68)82)65(91)79-32-24-21-25-33-79/h20,22-23,26-31,39-43,47-51,53-55,80H,19,21,24-25,32-38H2,1-18H3,(H2,68,82)(H,69,84)(H,70,85)(H,71,86)(H,72,87)(H,73,83,92)/t43-,47-,48-,49-,50-,51-,53-,54-,55-/m0/s1. The molecule has 518 valence electrons. The van der Waals surface area contributed by atoms with Crippen molar-refractivity contribution in [1.29, 1.82) is 0 Å². The summed E-state index contributed by atoms with van der Waals surface area (Å²) in [5, 5.41) is 23.2. The van der Waals surface area contributed by atoms with Gasteiger partial charge in [-0.1, -0.05) is 105 Å². The van der Waals surface area contributed by atoms with Crippen molar-refractivity contribution >= 4 is 71.0 Å². The van der Waals surface area contributed by atoms with Gasteiger partial charge in [0.1, 0.15) is 54.1 Å². The topological polar surface area (TPSA) is 340 Å². The van der Waals surface area contributed by atoms with Gasteiger partial charge in [0.2, 0.25) is 53.2 Å². The molecule has 0 aliphatic carbocycles. The number of ether oxygens (including phenoxy) is 1. The van der Waals surface area contributed by atoms with Crippen LogP contribution in [0, 0.1) is 23.7 Å². The third kappa shape index (κ3) is 23.7. The Morgan fingerprint density at radius 1 is 0.559 bits per heavy atom. The first-order valence-corrected chi connectivity index (χ1v) is 32.2. The van der Waals surface area contributed by atoms with Crippen molar-refractivity contribution in [3.05, 3.63) is 65.7 Å². The summed E-state index contributed by atoms with van der Waals surface area (Å²) in [5.74, 6) is -9.76. The van der Waals surface area contributed by atoms with E-state index >= 15 is 0 Å². The number of carbonyl (C=O) groups excluding carboxylic acids is 12. The molecule has 0 spiro atoms. The second-order valence-corrected chi connectivity index (χ2v) is 26.8. The number of likely N-dealkylation sites (tertiary alicyclic amines) is 1. The molecule has 8 N–H and O–H groups in total. The number of benzene rings is 2. The summed E-state index contributed by atoms with van der Waals surface area (Å²) in [6.45, 7) is 22.7. The highest BCUT2D eigenvalue weighted by molar-refractivity contribution is 6.07. The van der Waals surface area contributed by atoms with Gasteiger partial charge in [0.15, 0.2) is 6.04 Å². The smallest absolute Gasteiger partial charge is 0.324 e. The molecule has 2 aromatic rings. The molecule has 1 aliphatic rings. The molecule has 0 bridgehead atoms. The zero-order valence-electron chi connectivity index (χ0n) is 58.0. The van der Waals surface area contributed by atoms with E-state index < -0.39 is 137 Å². The van der Waals surface area contributed by atoms with Crippen LogP contribution in [0.2, 0.25) is 0 Å². The third-order valence-electron chi connectivity index (χ3n) is 16.5. The van der Waals surface area contributed by atoms with Crippen LogP contribution >= 0.6 is 0 Å². The van der Waals surface area contributed by atoms with Gasteiger partial charge in [-0.2, -0.15) is 0 Å². The van der Waals surface area contributed by atoms with Crippen molar-refractivity contribution in [2.45, 2.75) is 201 Å².